The fraction of sp³-hybridized carbons (Fsp3) is 0.0526. The van der Waals surface area contributed by atoms with Crippen LogP contribution in [0, 0.1) is 24.1 Å². The SMILES string of the molecule is Cc1cc(-c2ccccc2-c2ccccc2F)c(C#N)c(=O)[nH]1. The molecule has 4 heteroatoms. The van der Waals surface area contributed by atoms with E-state index in [-0.39, 0.29) is 11.4 Å². The first-order valence-electron chi connectivity index (χ1n) is 7.10. The lowest BCUT2D eigenvalue weighted by Gasteiger charge is -2.12. The number of hydrogen-bond acceptors (Lipinski definition) is 2. The van der Waals surface area contributed by atoms with Gasteiger partial charge in [0.2, 0.25) is 0 Å². The van der Waals surface area contributed by atoms with Crippen LogP contribution in [-0.2, 0) is 0 Å². The van der Waals surface area contributed by atoms with Crippen molar-refractivity contribution >= 4 is 0 Å². The number of pyridine rings is 1. The van der Waals surface area contributed by atoms with Gasteiger partial charge in [0.05, 0.1) is 0 Å². The van der Waals surface area contributed by atoms with Gasteiger partial charge in [0.15, 0.2) is 0 Å². The molecule has 0 aliphatic carbocycles. The van der Waals surface area contributed by atoms with Crippen LogP contribution in [0.2, 0.25) is 0 Å². The zero-order chi connectivity index (χ0) is 16.4. The molecule has 0 aliphatic rings. The lowest BCUT2D eigenvalue weighted by Crippen LogP contribution is -2.13. The number of nitrogens with zero attached hydrogens (tertiary/aromatic N) is 1. The Morgan fingerprint density at radius 2 is 1.52 bits per heavy atom. The molecule has 0 spiro atoms. The highest BCUT2D eigenvalue weighted by molar-refractivity contribution is 5.86. The summed E-state index contributed by atoms with van der Waals surface area (Å²) in [6, 6.07) is 17.3. The van der Waals surface area contributed by atoms with Gasteiger partial charge in [0.25, 0.3) is 5.56 Å². The fourth-order valence-electron chi connectivity index (χ4n) is 2.64. The zero-order valence-electron chi connectivity index (χ0n) is 12.4. The standard InChI is InChI=1S/C19H13FN2O/c1-12-10-16(17(11-21)19(23)22-12)14-7-3-2-6-13(14)15-8-4-5-9-18(15)20/h2-10H,1H3,(H,22,23). The summed E-state index contributed by atoms with van der Waals surface area (Å²) in [6.45, 7) is 1.75. The number of aromatic nitrogens is 1. The number of halogens is 1. The Morgan fingerprint density at radius 3 is 2.13 bits per heavy atom. The first-order valence-corrected chi connectivity index (χ1v) is 7.10. The van der Waals surface area contributed by atoms with Crippen LogP contribution in [0.3, 0.4) is 0 Å². The van der Waals surface area contributed by atoms with Gasteiger partial charge in [0, 0.05) is 16.8 Å². The first kappa shape index (κ1) is 14.7. The van der Waals surface area contributed by atoms with Crippen LogP contribution in [0.5, 0.6) is 0 Å². The molecule has 2 aromatic carbocycles. The van der Waals surface area contributed by atoms with E-state index in [1.54, 1.807) is 55.5 Å². The number of nitrogens with one attached hydrogen (secondary N) is 1. The van der Waals surface area contributed by atoms with Gasteiger partial charge < -0.3 is 4.98 Å². The summed E-state index contributed by atoms with van der Waals surface area (Å²) in [5.41, 5.74) is 2.48. The molecule has 0 saturated heterocycles. The lowest BCUT2D eigenvalue weighted by atomic mass is 9.92. The average Bonchev–Trinajstić information content (AvgIpc) is 2.55. The third-order valence-corrected chi connectivity index (χ3v) is 3.66. The van der Waals surface area contributed by atoms with Crippen molar-refractivity contribution < 1.29 is 4.39 Å². The van der Waals surface area contributed by atoms with Gasteiger partial charge in [0.1, 0.15) is 17.4 Å². The van der Waals surface area contributed by atoms with Crippen molar-refractivity contribution in [2.75, 3.05) is 0 Å². The van der Waals surface area contributed by atoms with Crippen molar-refractivity contribution in [1.29, 1.82) is 5.26 Å². The van der Waals surface area contributed by atoms with E-state index in [1.165, 1.54) is 6.07 Å². The van der Waals surface area contributed by atoms with Gasteiger partial charge in [-0.2, -0.15) is 5.26 Å². The Hall–Kier alpha value is -3.19. The van der Waals surface area contributed by atoms with Gasteiger partial charge in [-0.05, 0) is 30.2 Å². The molecule has 0 amide bonds. The largest absolute Gasteiger partial charge is 0.325 e. The molecule has 1 N–H and O–H groups in total. The second kappa shape index (κ2) is 5.90. The third kappa shape index (κ3) is 2.65. The van der Waals surface area contributed by atoms with Crippen LogP contribution in [-0.4, -0.2) is 4.98 Å². The van der Waals surface area contributed by atoms with Crippen LogP contribution in [0.1, 0.15) is 11.3 Å². The second-order valence-corrected chi connectivity index (χ2v) is 5.21. The van der Waals surface area contributed by atoms with Gasteiger partial charge in [-0.15, -0.1) is 0 Å². The van der Waals surface area contributed by atoms with Crippen LogP contribution in [0.15, 0.2) is 59.4 Å². The quantitative estimate of drug-likeness (QED) is 0.777. The monoisotopic (exact) mass is 304 g/mol. The molecule has 112 valence electrons. The molecule has 0 fully saturated rings. The van der Waals surface area contributed by atoms with Gasteiger partial charge in [-0.3, -0.25) is 4.79 Å². The van der Waals surface area contributed by atoms with E-state index in [2.05, 4.69) is 4.98 Å². The number of aryl methyl sites for hydroxylation is 1. The molecular weight excluding hydrogens is 291 g/mol. The molecule has 0 bridgehead atoms. The molecule has 0 radical (unpaired) electrons. The summed E-state index contributed by atoms with van der Waals surface area (Å²) in [4.78, 5) is 14.6. The normalized spacial score (nSPS) is 10.3. The number of nitriles is 1. The summed E-state index contributed by atoms with van der Waals surface area (Å²) in [5.74, 6) is -0.347. The maximum absolute atomic E-state index is 14.2. The molecular formula is C19H13FN2O. The van der Waals surface area contributed by atoms with E-state index < -0.39 is 5.56 Å². The summed E-state index contributed by atoms with van der Waals surface area (Å²) in [7, 11) is 0. The van der Waals surface area contributed by atoms with E-state index in [1.807, 2.05) is 6.07 Å². The minimum Gasteiger partial charge on any atom is -0.325 e. The van der Waals surface area contributed by atoms with Crippen molar-refractivity contribution in [1.82, 2.24) is 4.98 Å². The molecule has 0 atom stereocenters. The van der Waals surface area contributed by atoms with E-state index in [4.69, 9.17) is 0 Å². The fourth-order valence-corrected chi connectivity index (χ4v) is 2.64. The Labute approximate surface area is 132 Å². The third-order valence-electron chi connectivity index (χ3n) is 3.66. The zero-order valence-corrected chi connectivity index (χ0v) is 12.4. The number of hydrogen-bond donors (Lipinski definition) is 1. The predicted octanol–water partition coefficient (Wildman–Crippen LogP) is 4.03. The Bertz CT molecular complexity index is 983. The van der Waals surface area contributed by atoms with Crippen LogP contribution >= 0.6 is 0 Å². The maximum atomic E-state index is 14.2. The summed E-state index contributed by atoms with van der Waals surface area (Å²) >= 11 is 0. The molecule has 0 saturated carbocycles. The molecule has 3 nitrogen and oxygen atoms in total. The highest BCUT2D eigenvalue weighted by atomic mass is 19.1. The Kier molecular flexibility index (Phi) is 3.78. The molecule has 3 rings (SSSR count). The molecule has 0 unspecified atom stereocenters. The van der Waals surface area contributed by atoms with E-state index in [9.17, 15) is 14.4 Å². The maximum Gasteiger partial charge on any atom is 0.266 e. The Morgan fingerprint density at radius 1 is 0.957 bits per heavy atom. The average molecular weight is 304 g/mol. The van der Waals surface area contributed by atoms with Gasteiger partial charge in [-0.1, -0.05) is 42.5 Å². The smallest absolute Gasteiger partial charge is 0.266 e. The van der Waals surface area contributed by atoms with E-state index in [0.717, 1.165) is 0 Å². The van der Waals surface area contributed by atoms with Crippen molar-refractivity contribution in [2.24, 2.45) is 0 Å². The van der Waals surface area contributed by atoms with E-state index >= 15 is 0 Å². The predicted molar refractivity (Wildman–Crippen MR) is 87.3 cm³/mol. The highest BCUT2D eigenvalue weighted by Gasteiger charge is 2.15. The molecule has 1 aromatic heterocycles. The number of rotatable bonds is 2. The number of benzene rings is 2. The molecule has 0 aliphatic heterocycles. The highest BCUT2D eigenvalue weighted by Crippen LogP contribution is 2.34. The van der Waals surface area contributed by atoms with Crippen LogP contribution in [0.4, 0.5) is 4.39 Å². The van der Waals surface area contributed by atoms with Crippen molar-refractivity contribution in [3.8, 4) is 28.3 Å². The molecule has 23 heavy (non-hydrogen) atoms. The lowest BCUT2D eigenvalue weighted by molar-refractivity contribution is 0.631. The number of H-pyrrole nitrogens is 1. The van der Waals surface area contributed by atoms with Crippen LogP contribution < -0.4 is 5.56 Å². The minimum atomic E-state index is -0.439. The first-order chi connectivity index (χ1) is 11.1. The van der Waals surface area contributed by atoms with E-state index in [0.29, 0.717) is 27.9 Å². The molecule has 3 aromatic rings. The van der Waals surface area contributed by atoms with Crippen molar-refractivity contribution in [3.05, 3.63) is 82.0 Å². The summed E-state index contributed by atoms with van der Waals surface area (Å²) in [5, 5.41) is 9.32. The van der Waals surface area contributed by atoms with Crippen molar-refractivity contribution in [3.63, 3.8) is 0 Å². The minimum absolute atomic E-state index is 0.0272. The van der Waals surface area contributed by atoms with Crippen molar-refractivity contribution in [2.45, 2.75) is 6.92 Å². The van der Waals surface area contributed by atoms with Gasteiger partial charge in [-0.25, -0.2) is 4.39 Å². The second-order valence-electron chi connectivity index (χ2n) is 5.21. The van der Waals surface area contributed by atoms with Crippen LogP contribution in [0.25, 0.3) is 22.3 Å². The molecule has 1 heterocycles. The summed E-state index contributed by atoms with van der Waals surface area (Å²) in [6.07, 6.45) is 0. The number of aromatic amines is 1. The van der Waals surface area contributed by atoms with Gasteiger partial charge >= 0.3 is 0 Å². The summed E-state index contributed by atoms with van der Waals surface area (Å²) < 4.78 is 14.2. The topological polar surface area (TPSA) is 56.6 Å². The Balaban J connectivity index is 2.35.